The molecule has 0 spiro atoms. The minimum absolute atomic E-state index is 0.0377. The zero-order valence-corrected chi connectivity index (χ0v) is 15.8. The Kier molecular flexibility index (Phi) is 6.35. The number of benzene rings is 1. The van der Waals surface area contributed by atoms with Gasteiger partial charge in [-0.2, -0.15) is 0 Å². The molecule has 1 aromatic heterocycles. The molecule has 1 aliphatic carbocycles. The summed E-state index contributed by atoms with van der Waals surface area (Å²) >= 11 is 2.40. The molecule has 1 aromatic carbocycles. The van der Waals surface area contributed by atoms with Crippen molar-refractivity contribution in [3.05, 3.63) is 39.9 Å². The van der Waals surface area contributed by atoms with E-state index < -0.39 is 10.8 Å². The molecule has 9 nitrogen and oxygen atoms in total. The summed E-state index contributed by atoms with van der Waals surface area (Å²) in [5, 5.41) is 24.4. The maximum atomic E-state index is 12.2. The van der Waals surface area contributed by atoms with E-state index in [9.17, 15) is 19.7 Å². The summed E-state index contributed by atoms with van der Waals surface area (Å²) in [7, 11) is 0. The average molecular weight is 407 g/mol. The average Bonchev–Trinajstić information content (AvgIpc) is 3.32. The molecule has 1 heterocycles. The van der Waals surface area contributed by atoms with Crippen LogP contribution in [0.5, 0.6) is 0 Å². The predicted octanol–water partition coefficient (Wildman–Crippen LogP) is 2.85. The highest BCUT2D eigenvalue weighted by atomic mass is 32.2. The normalized spacial score (nSPS) is 14.1. The van der Waals surface area contributed by atoms with Crippen molar-refractivity contribution in [2.75, 3.05) is 11.1 Å². The number of anilines is 1. The fourth-order valence-corrected chi connectivity index (χ4v) is 4.27. The fourth-order valence-electron chi connectivity index (χ4n) is 2.72. The zero-order chi connectivity index (χ0) is 19.2. The molecule has 1 aliphatic rings. The highest BCUT2D eigenvalue weighted by molar-refractivity contribution is 8.01. The molecule has 0 unspecified atom stereocenters. The molecule has 142 valence electrons. The Hall–Kier alpha value is -2.53. The molecule has 0 radical (unpaired) electrons. The van der Waals surface area contributed by atoms with E-state index in [1.807, 2.05) is 0 Å². The van der Waals surface area contributed by atoms with Gasteiger partial charge in [-0.15, -0.1) is 10.2 Å². The quantitative estimate of drug-likeness (QED) is 0.313. The minimum atomic E-state index is -0.562. The summed E-state index contributed by atoms with van der Waals surface area (Å²) < 4.78 is 0.561. The van der Waals surface area contributed by atoms with Crippen LogP contribution in [0.15, 0.2) is 28.6 Å². The van der Waals surface area contributed by atoms with Crippen molar-refractivity contribution in [3.8, 4) is 0 Å². The molecule has 0 atom stereocenters. The topological polar surface area (TPSA) is 127 Å². The van der Waals surface area contributed by atoms with Gasteiger partial charge in [0.25, 0.3) is 11.6 Å². The van der Waals surface area contributed by atoms with Gasteiger partial charge in [-0.1, -0.05) is 42.0 Å². The van der Waals surface area contributed by atoms with Gasteiger partial charge in [-0.25, -0.2) is 0 Å². The van der Waals surface area contributed by atoms with E-state index in [1.54, 1.807) is 0 Å². The van der Waals surface area contributed by atoms with Crippen LogP contribution in [0.25, 0.3) is 0 Å². The number of nitrogens with one attached hydrogen (secondary N) is 2. The van der Waals surface area contributed by atoms with Gasteiger partial charge in [0, 0.05) is 23.7 Å². The van der Waals surface area contributed by atoms with Crippen LogP contribution in [0.2, 0.25) is 0 Å². The highest BCUT2D eigenvalue weighted by Gasteiger charge is 2.18. The van der Waals surface area contributed by atoms with Crippen molar-refractivity contribution >= 4 is 45.7 Å². The largest absolute Gasteiger partial charge is 0.353 e. The third-order valence-corrected chi connectivity index (χ3v) is 5.97. The monoisotopic (exact) mass is 407 g/mol. The Labute approximate surface area is 163 Å². The Balaban J connectivity index is 1.51. The summed E-state index contributed by atoms with van der Waals surface area (Å²) in [6, 6.07) is 5.70. The Morgan fingerprint density at radius 1 is 1.30 bits per heavy atom. The number of carbonyl (C=O) groups is 2. The van der Waals surface area contributed by atoms with E-state index in [0.29, 0.717) is 4.34 Å². The lowest BCUT2D eigenvalue weighted by molar-refractivity contribution is -0.384. The molecule has 0 bridgehead atoms. The van der Waals surface area contributed by atoms with Crippen LogP contribution in [0.4, 0.5) is 10.8 Å². The lowest BCUT2D eigenvalue weighted by Gasteiger charge is -2.10. The molecule has 3 rings (SSSR count). The lowest BCUT2D eigenvalue weighted by Crippen LogP contribution is -2.33. The molecule has 11 heteroatoms. The van der Waals surface area contributed by atoms with E-state index in [0.717, 1.165) is 37.0 Å². The third-order valence-electron chi connectivity index (χ3n) is 3.99. The van der Waals surface area contributed by atoms with Crippen LogP contribution < -0.4 is 10.6 Å². The highest BCUT2D eigenvalue weighted by Crippen LogP contribution is 2.26. The van der Waals surface area contributed by atoms with Gasteiger partial charge in [0.1, 0.15) is 0 Å². The van der Waals surface area contributed by atoms with Gasteiger partial charge in [-0.3, -0.25) is 25.0 Å². The van der Waals surface area contributed by atoms with E-state index in [4.69, 9.17) is 0 Å². The number of amides is 2. The number of nitrogens with zero attached hydrogens (tertiary/aromatic N) is 3. The fraction of sp³-hybridized carbons (Fsp3) is 0.375. The molecular weight excluding hydrogens is 390 g/mol. The van der Waals surface area contributed by atoms with Gasteiger partial charge >= 0.3 is 0 Å². The van der Waals surface area contributed by atoms with E-state index >= 15 is 0 Å². The number of non-ortho nitro benzene ring substituents is 1. The maximum absolute atomic E-state index is 12.2. The third kappa shape index (κ3) is 5.47. The summed E-state index contributed by atoms with van der Waals surface area (Å²) in [5.41, 5.74) is -0.00558. The van der Waals surface area contributed by atoms with Crippen molar-refractivity contribution < 1.29 is 14.5 Å². The number of thioether (sulfide) groups is 1. The van der Waals surface area contributed by atoms with Crippen LogP contribution in [-0.2, 0) is 4.79 Å². The number of hydrogen-bond acceptors (Lipinski definition) is 8. The number of rotatable bonds is 7. The maximum Gasteiger partial charge on any atom is 0.270 e. The van der Waals surface area contributed by atoms with E-state index in [-0.39, 0.29) is 34.1 Å². The standard InChI is InChI=1S/C16H17N5O4S2/c22-13(17-11-5-1-2-6-11)9-26-16-20-19-15(27-16)18-14(23)10-4-3-7-12(8-10)21(24)25/h3-4,7-8,11H,1-2,5-6,9H2,(H,17,22)(H,18,19,23). The van der Waals surface area contributed by atoms with Crippen LogP contribution in [-0.4, -0.2) is 38.7 Å². The van der Waals surface area contributed by atoms with Crippen molar-refractivity contribution in [2.45, 2.75) is 36.1 Å². The molecule has 2 amide bonds. The van der Waals surface area contributed by atoms with Crippen molar-refractivity contribution in [1.29, 1.82) is 0 Å². The molecule has 1 fully saturated rings. The smallest absolute Gasteiger partial charge is 0.270 e. The van der Waals surface area contributed by atoms with E-state index in [1.165, 1.54) is 36.0 Å². The first kappa shape index (κ1) is 19.2. The van der Waals surface area contributed by atoms with Crippen molar-refractivity contribution in [3.63, 3.8) is 0 Å². The number of hydrogen-bond donors (Lipinski definition) is 2. The molecule has 2 aromatic rings. The molecular formula is C16H17N5O4S2. The molecule has 27 heavy (non-hydrogen) atoms. The number of nitro groups is 1. The zero-order valence-electron chi connectivity index (χ0n) is 14.2. The summed E-state index contributed by atoms with van der Waals surface area (Å²) in [6.07, 6.45) is 4.37. The second-order valence-corrected chi connectivity index (χ2v) is 8.17. The lowest BCUT2D eigenvalue weighted by atomic mass is 10.2. The number of aromatic nitrogens is 2. The van der Waals surface area contributed by atoms with Crippen LogP contribution in [0, 0.1) is 10.1 Å². The first-order chi connectivity index (χ1) is 13.0. The first-order valence-electron chi connectivity index (χ1n) is 8.33. The molecule has 1 saturated carbocycles. The second kappa shape index (κ2) is 8.91. The van der Waals surface area contributed by atoms with Gasteiger partial charge in [0.15, 0.2) is 4.34 Å². The molecule has 0 saturated heterocycles. The van der Waals surface area contributed by atoms with Crippen molar-refractivity contribution in [2.24, 2.45) is 0 Å². The minimum Gasteiger partial charge on any atom is -0.353 e. The van der Waals surface area contributed by atoms with Crippen LogP contribution in [0.3, 0.4) is 0 Å². The summed E-state index contributed by atoms with van der Waals surface area (Å²) in [6.45, 7) is 0. The van der Waals surface area contributed by atoms with Gasteiger partial charge in [0.2, 0.25) is 11.0 Å². The predicted molar refractivity (Wildman–Crippen MR) is 102 cm³/mol. The van der Waals surface area contributed by atoms with Gasteiger partial charge < -0.3 is 5.32 Å². The summed E-state index contributed by atoms with van der Waals surface area (Å²) in [5.74, 6) is -0.307. The second-order valence-electron chi connectivity index (χ2n) is 5.97. The SMILES string of the molecule is O=C(CSc1nnc(NC(=O)c2cccc([N+](=O)[O-])c2)s1)NC1CCCC1. The molecule has 0 aliphatic heterocycles. The molecule has 2 N–H and O–H groups in total. The van der Waals surface area contributed by atoms with E-state index in [2.05, 4.69) is 20.8 Å². The first-order valence-corrected chi connectivity index (χ1v) is 10.1. The van der Waals surface area contributed by atoms with Crippen LogP contribution in [0.1, 0.15) is 36.0 Å². The summed E-state index contributed by atoms with van der Waals surface area (Å²) in [4.78, 5) is 34.3. The van der Waals surface area contributed by atoms with Crippen molar-refractivity contribution in [1.82, 2.24) is 15.5 Å². The number of nitro benzene ring substituents is 1. The Morgan fingerprint density at radius 3 is 2.81 bits per heavy atom. The Morgan fingerprint density at radius 2 is 2.07 bits per heavy atom. The van der Waals surface area contributed by atoms with Gasteiger partial charge in [-0.05, 0) is 18.9 Å². The van der Waals surface area contributed by atoms with Gasteiger partial charge in [0.05, 0.1) is 10.7 Å². The number of carbonyl (C=O) groups excluding carboxylic acids is 2. The Bertz CT molecular complexity index is 851. The van der Waals surface area contributed by atoms with Crippen LogP contribution >= 0.6 is 23.1 Å².